The molecule has 3 rings (SSSR count). The van der Waals surface area contributed by atoms with Gasteiger partial charge in [-0.1, -0.05) is 24.0 Å². The first kappa shape index (κ1) is 25.0. The first-order valence-electron chi connectivity index (χ1n) is 11.1. The van der Waals surface area contributed by atoms with Crippen molar-refractivity contribution in [3.05, 3.63) is 70.8 Å². The molecule has 1 unspecified atom stereocenters. The zero-order chi connectivity index (χ0) is 24.7. The van der Waals surface area contributed by atoms with Crippen molar-refractivity contribution < 1.29 is 19.1 Å². The van der Waals surface area contributed by atoms with Gasteiger partial charge >= 0.3 is 0 Å². The fourth-order valence-corrected chi connectivity index (χ4v) is 3.62. The summed E-state index contributed by atoms with van der Waals surface area (Å²) >= 11 is 0. The van der Waals surface area contributed by atoms with Gasteiger partial charge in [0.25, 0.3) is 17.7 Å². The molecule has 0 aliphatic carbocycles. The lowest BCUT2D eigenvalue weighted by Crippen LogP contribution is -2.63. The second kappa shape index (κ2) is 11.0. The predicted octanol–water partition coefficient (Wildman–Crippen LogP) is 0.981. The van der Waals surface area contributed by atoms with E-state index in [4.69, 9.17) is 10.5 Å². The van der Waals surface area contributed by atoms with Gasteiger partial charge in [0.1, 0.15) is 0 Å². The van der Waals surface area contributed by atoms with Crippen molar-refractivity contribution in [3.8, 4) is 11.8 Å². The molecule has 8 nitrogen and oxygen atoms in total. The quantitative estimate of drug-likeness (QED) is 0.492. The highest BCUT2D eigenvalue weighted by Crippen LogP contribution is 2.17. The minimum Gasteiger partial charge on any atom is -0.379 e. The van der Waals surface area contributed by atoms with Crippen molar-refractivity contribution in [2.75, 3.05) is 40.4 Å². The second-order valence-corrected chi connectivity index (χ2v) is 8.29. The Hall–Kier alpha value is -3.67. The van der Waals surface area contributed by atoms with Crippen molar-refractivity contribution in [3.63, 3.8) is 0 Å². The van der Waals surface area contributed by atoms with Crippen molar-refractivity contribution >= 4 is 17.7 Å². The minimum atomic E-state index is -1.81. The Morgan fingerprint density at radius 3 is 2.06 bits per heavy atom. The number of hydrogen-bond donors (Lipinski definition) is 2. The number of nitrogens with two attached hydrogens (primary N) is 1. The van der Waals surface area contributed by atoms with Crippen LogP contribution in [0.15, 0.2) is 48.5 Å². The molecule has 1 fully saturated rings. The van der Waals surface area contributed by atoms with Crippen molar-refractivity contribution in [1.82, 2.24) is 15.1 Å². The third-order valence-corrected chi connectivity index (χ3v) is 6.07. The molecule has 0 saturated carbocycles. The fourth-order valence-electron chi connectivity index (χ4n) is 3.62. The number of nitrogens with one attached hydrogen (secondary N) is 1. The number of carbonyl (C=O) groups is 3. The Morgan fingerprint density at radius 1 is 1.03 bits per heavy atom. The van der Waals surface area contributed by atoms with E-state index in [1.807, 2.05) is 12.1 Å². The number of carbonyl (C=O) groups excluding carboxylic acids is 3. The van der Waals surface area contributed by atoms with E-state index < -0.39 is 23.3 Å². The summed E-state index contributed by atoms with van der Waals surface area (Å²) in [4.78, 5) is 40.4. The van der Waals surface area contributed by atoms with E-state index in [1.54, 1.807) is 24.3 Å². The van der Waals surface area contributed by atoms with Gasteiger partial charge in [-0.25, -0.2) is 0 Å². The molecule has 1 saturated heterocycles. The molecule has 34 heavy (non-hydrogen) atoms. The molecule has 0 radical (unpaired) electrons. The van der Waals surface area contributed by atoms with Crippen LogP contribution >= 0.6 is 0 Å². The topological polar surface area (TPSA) is 105 Å². The van der Waals surface area contributed by atoms with Crippen LogP contribution < -0.4 is 11.1 Å². The number of morpholine rings is 1. The van der Waals surface area contributed by atoms with Gasteiger partial charge in [-0.2, -0.15) is 0 Å². The highest BCUT2D eigenvalue weighted by Gasteiger charge is 2.45. The summed E-state index contributed by atoms with van der Waals surface area (Å²) in [5.74, 6) is 4.15. The average Bonchev–Trinajstić information content (AvgIpc) is 2.87. The van der Waals surface area contributed by atoms with E-state index in [-0.39, 0.29) is 0 Å². The lowest BCUT2D eigenvalue weighted by molar-refractivity contribution is -0.140. The number of benzene rings is 2. The lowest BCUT2D eigenvalue weighted by Gasteiger charge is -2.34. The number of hydrogen-bond acceptors (Lipinski definition) is 5. The summed E-state index contributed by atoms with van der Waals surface area (Å²) in [5, 5.41) is 2.38. The van der Waals surface area contributed by atoms with Crippen LogP contribution in [0.25, 0.3) is 0 Å². The van der Waals surface area contributed by atoms with Gasteiger partial charge in [-0.15, -0.1) is 0 Å². The van der Waals surface area contributed by atoms with Gasteiger partial charge in [0, 0.05) is 50.4 Å². The minimum absolute atomic E-state index is 0.317. The highest BCUT2D eigenvalue weighted by molar-refractivity contribution is 6.12. The van der Waals surface area contributed by atoms with Gasteiger partial charge in [0.15, 0.2) is 5.54 Å². The normalized spacial score (nSPS) is 15.4. The van der Waals surface area contributed by atoms with Crippen LogP contribution in [0.5, 0.6) is 0 Å². The number of primary amides is 1. The van der Waals surface area contributed by atoms with Gasteiger partial charge in [0.05, 0.1) is 13.2 Å². The van der Waals surface area contributed by atoms with Crippen molar-refractivity contribution in [2.45, 2.75) is 19.0 Å². The van der Waals surface area contributed by atoms with Crippen LogP contribution in [-0.2, 0) is 20.9 Å². The zero-order valence-corrected chi connectivity index (χ0v) is 19.8. The van der Waals surface area contributed by atoms with Gasteiger partial charge in [0.2, 0.25) is 0 Å². The molecule has 3 amide bonds. The number of amides is 3. The van der Waals surface area contributed by atoms with Crippen LogP contribution in [0.2, 0.25) is 0 Å². The zero-order valence-electron chi connectivity index (χ0n) is 19.8. The summed E-state index contributed by atoms with van der Waals surface area (Å²) in [6, 6.07) is 14.8. The largest absolute Gasteiger partial charge is 0.379 e. The second-order valence-electron chi connectivity index (χ2n) is 8.29. The summed E-state index contributed by atoms with van der Waals surface area (Å²) in [6.45, 7) is 5.67. The van der Waals surface area contributed by atoms with Gasteiger partial charge in [-0.05, 0) is 48.9 Å². The van der Waals surface area contributed by atoms with Crippen LogP contribution in [-0.4, -0.2) is 73.5 Å². The molecule has 1 heterocycles. The van der Waals surface area contributed by atoms with Crippen LogP contribution in [0.3, 0.4) is 0 Å². The van der Waals surface area contributed by atoms with Gasteiger partial charge < -0.3 is 20.7 Å². The van der Waals surface area contributed by atoms with E-state index in [9.17, 15) is 14.4 Å². The molecule has 0 aromatic heterocycles. The summed E-state index contributed by atoms with van der Waals surface area (Å²) in [6.07, 6.45) is 0. The smallest absolute Gasteiger partial charge is 0.255 e. The van der Waals surface area contributed by atoms with Gasteiger partial charge in [-0.3, -0.25) is 19.3 Å². The molecule has 2 aromatic rings. The molecular weight excluding hydrogens is 432 g/mol. The molecule has 8 heteroatoms. The molecule has 1 aliphatic rings. The number of nitrogens with zero attached hydrogens (tertiary/aromatic N) is 2. The number of likely N-dealkylation sites (N-methyl/N-ethyl adjacent to an activating group) is 2. The molecule has 1 aliphatic heterocycles. The highest BCUT2D eigenvalue weighted by atomic mass is 16.5. The third-order valence-electron chi connectivity index (χ3n) is 6.07. The van der Waals surface area contributed by atoms with Crippen LogP contribution in [0, 0.1) is 11.8 Å². The molecule has 0 bridgehead atoms. The molecule has 2 aromatic carbocycles. The monoisotopic (exact) mass is 462 g/mol. The maximum Gasteiger partial charge on any atom is 0.255 e. The average molecular weight is 463 g/mol. The van der Waals surface area contributed by atoms with Crippen molar-refractivity contribution in [2.24, 2.45) is 5.73 Å². The Kier molecular flexibility index (Phi) is 8.05. The van der Waals surface area contributed by atoms with Crippen LogP contribution in [0.1, 0.15) is 34.0 Å². The first-order valence-corrected chi connectivity index (χ1v) is 11.1. The summed E-state index contributed by atoms with van der Waals surface area (Å²) in [7, 11) is 2.76. The SMILES string of the molecule is CNC(=O)C(C)(C(N)=O)N(C)C(=O)c1ccc(C#Cc2ccc(CN3CCOCC3)cc2)cc1. The van der Waals surface area contributed by atoms with E-state index in [2.05, 4.69) is 34.2 Å². The molecular formula is C26H30N4O4. The van der Waals surface area contributed by atoms with E-state index in [0.29, 0.717) is 5.56 Å². The Balaban J connectivity index is 1.66. The fraction of sp³-hybridized carbons (Fsp3) is 0.346. The Morgan fingerprint density at radius 2 is 1.56 bits per heavy atom. The lowest BCUT2D eigenvalue weighted by atomic mass is 9.97. The third kappa shape index (κ3) is 5.63. The van der Waals surface area contributed by atoms with E-state index >= 15 is 0 Å². The van der Waals surface area contributed by atoms with Crippen molar-refractivity contribution in [1.29, 1.82) is 0 Å². The maximum absolute atomic E-state index is 12.9. The molecule has 3 N–H and O–H groups in total. The molecule has 178 valence electrons. The molecule has 0 spiro atoms. The predicted molar refractivity (Wildman–Crippen MR) is 129 cm³/mol. The Bertz CT molecular complexity index is 1100. The Labute approximate surface area is 200 Å². The molecule has 1 atom stereocenters. The van der Waals surface area contributed by atoms with Crippen LogP contribution in [0.4, 0.5) is 0 Å². The maximum atomic E-state index is 12.9. The number of rotatable bonds is 6. The number of ether oxygens (including phenoxy) is 1. The van der Waals surface area contributed by atoms with E-state index in [0.717, 1.165) is 48.9 Å². The van der Waals surface area contributed by atoms with E-state index in [1.165, 1.54) is 26.6 Å². The standard InChI is InChI=1S/C26H30N4O4/c1-26(24(27)32,25(33)28-2)29(3)23(31)22-12-10-20(11-13-22)5-4-19-6-8-21(9-7-19)18-30-14-16-34-17-15-30/h6-13H,14-18H2,1-3H3,(H2,27,32)(H,28,33). The summed E-state index contributed by atoms with van der Waals surface area (Å²) < 4.78 is 5.39. The summed E-state index contributed by atoms with van der Waals surface area (Å²) in [5.41, 5.74) is 6.80. The first-order chi connectivity index (χ1) is 16.3.